The molecule has 1 aliphatic rings. The molecule has 1 fully saturated rings. The molecule has 1 heterocycles. The third kappa shape index (κ3) is 1.54. The molecule has 0 bridgehead atoms. The van der Waals surface area contributed by atoms with Crippen LogP contribution in [-0.2, 0) is 4.74 Å². The SMILES string of the molecule is C1CCOC1.[Be+2].[H-].[H-]. The maximum Gasteiger partial charge on any atom is 2.00 e. The Kier molecular flexibility index (Phi) is 3.40. The average Bonchev–Trinajstić information content (AvgIpc) is 1.76. The van der Waals surface area contributed by atoms with Gasteiger partial charge in [-0.2, -0.15) is 0 Å². The van der Waals surface area contributed by atoms with Crippen LogP contribution in [0.2, 0.25) is 0 Å². The summed E-state index contributed by atoms with van der Waals surface area (Å²) in [5.41, 5.74) is 0. The molecule has 0 aromatic rings. The molecule has 0 saturated carbocycles. The Labute approximate surface area is 44.9 Å². The Morgan fingerprint density at radius 3 is 1.83 bits per heavy atom. The number of rotatable bonds is 0. The van der Waals surface area contributed by atoms with Crippen LogP contribution in [0, 0.1) is 0 Å². The van der Waals surface area contributed by atoms with Crippen molar-refractivity contribution in [2.75, 3.05) is 13.2 Å². The Hall–Kier alpha value is 0.129. The Balaban J connectivity index is -0.0000000833. The third-order valence-corrected chi connectivity index (χ3v) is 0.827. The van der Waals surface area contributed by atoms with Crippen molar-refractivity contribution in [2.45, 2.75) is 12.8 Å². The summed E-state index contributed by atoms with van der Waals surface area (Å²) in [6.07, 6.45) is 2.56. The van der Waals surface area contributed by atoms with Crippen molar-refractivity contribution in [3.63, 3.8) is 0 Å². The molecule has 0 aromatic carbocycles. The summed E-state index contributed by atoms with van der Waals surface area (Å²) in [5.74, 6) is 0. The van der Waals surface area contributed by atoms with Crippen LogP contribution in [0.15, 0.2) is 0 Å². The Morgan fingerprint density at radius 2 is 1.67 bits per heavy atom. The van der Waals surface area contributed by atoms with Gasteiger partial charge >= 0.3 is 10.1 Å². The van der Waals surface area contributed by atoms with Gasteiger partial charge in [0, 0.05) is 13.2 Å². The fourth-order valence-corrected chi connectivity index (χ4v) is 0.510. The molecule has 0 aliphatic carbocycles. The normalized spacial score (nSPS) is 20.0. The summed E-state index contributed by atoms with van der Waals surface area (Å²) in [5, 5.41) is 0. The minimum atomic E-state index is 0. The van der Waals surface area contributed by atoms with Crippen molar-refractivity contribution >= 4 is 10.1 Å². The number of hydrogen-bond donors (Lipinski definition) is 0. The molecule has 0 aromatic heterocycles. The fourth-order valence-electron chi connectivity index (χ4n) is 0.510. The third-order valence-electron chi connectivity index (χ3n) is 0.827. The number of ether oxygens (including phenoxy) is 1. The second-order valence-electron chi connectivity index (χ2n) is 1.32. The van der Waals surface area contributed by atoms with Gasteiger partial charge in [0.05, 0.1) is 0 Å². The van der Waals surface area contributed by atoms with Gasteiger partial charge in [-0.1, -0.05) is 0 Å². The van der Waals surface area contributed by atoms with Gasteiger partial charge in [0.15, 0.2) is 0 Å². The van der Waals surface area contributed by atoms with Gasteiger partial charge in [-0.15, -0.1) is 0 Å². The van der Waals surface area contributed by atoms with Crippen molar-refractivity contribution in [1.82, 2.24) is 0 Å². The Morgan fingerprint density at radius 1 is 1.17 bits per heavy atom. The molecule has 1 aliphatic heterocycles. The minimum absolute atomic E-state index is 0. The van der Waals surface area contributed by atoms with Crippen LogP contribution in [0.25, 0.3) is 0 Å². The van der Waals surface area contributed by atoms with Crippen LogP contribution in [0.1, 0.15) is 15.7 Å². The summed E-state index contributed by atoms with van der Waals surface area (Å²) in [6.45, 7) is 2.00. The topological polar surface area (TPSA) is 9.23 Å². The van der Waals surface area contributed by atoms with Gasteiger partial charge in [-0.3, -0.25) is 0 Å². The first-order valence-electron chi connectivity index (χ1n) is 2.08. The number of hydrogen-bond acceptors (Lipinski definition) is 1. The average molecular weight is 83.1 g/mol. The standard InChI is InChI=1S/C4H8O.Be.2H/c1-2-4-5-3-1;;;/h1-4H2;;;/q;+2;2*-1. The molecule has 1 saturated heterocycles. The van der Waals surface area contributed by atoms with E-state index in [9.17, 15) is 0 Å². The van der Waals surface area contributed by atoms with E-state index in [1.165, 1.54) is 12.8 Å². The van der Waals surface area contributed by atoms with E-state index in [1.54, 1.807) is 0 Å². The van der Waals surface area contributed by atoms with Crippen LogP contribution in [-0.4, -0.2) is 23.3 Å². The molecular formula is C4H10BeO. The molecule has 0 N–H and O–H groups in total. The van der Waals surface area contributed by atoms with E-state index in [4.69, 9.17) is 4.74 Å². The predicted octanol–water partition coefficient (Wildman–Crippen LogP) is 0.641. The second-order valence-corrected chi connectivity index (χ2v) is 1.32. The van der Waals surface area contributed by atoms with Gasteiger partial charge in [-0.25, -0.2) is 0 Å². The molecule has 0 spiro atoms. The van der Waals surface area contributed by atoms with E-state index in [0.29, 0.717) is 0 Å². The first-order chi connectivity index (χ1) is 2.50. The molecule has 0 unspecified atom stereocenters. The first kappa shape index (κ1) is 6.13. The van der Waals surface area contributed by atoms with Crippen molar-refractivity contribution in [2.24, 2.45) is 0 Å². The minimum Gasteiger partial charge on any atom is -1.00 e. The molecule has 1 nitrogen and oxygen atoms in total. The maximum atomic E-state index is 4.94. The second kappa shape index (κ2) is 3.32. The van der Waals surface area contributed by atoms with Crippen molar-refractivity contribution < 1.29 is 7.59 Å². The zero-order valence-electron chi connectivity index (χ0n) is 5.94. The van der Waals surface area contributed by atoms with Gasteiger partial charge in [0.25, 0.3) is 0 Å². The van der Waals surface area contributed by atoms with Crippen LogP contribution >= 0.6 is 0 Å². The summed E-state index contributed by atoms with van der Waals surface area (Å²) in [7, 11) is 0. The van der Waals surface area contributed by atoms with Crippen molar-refractivity contribution in [1.29, 1.82) is 0 Å². The van der Waals surface area contributed by atoms with Crippen LogP contribution in [0.5, 0.6) is 0 Å². The van der Waals surface area contributed by atoms with E-state index >= 15 is 0 Å². The maximum absolute atomic E-state index is 4.94. The van der Waals surface area contributed by atoms with Gasteiger partial charge in [0.2, 0.25) is 0 Å². The van der Waals surface area contributed by atoms with E-state index in [2.05, 4.69) is 0 Å². The molecule has 0 amide bonds. The molecular weight excluding hydrogens is 73.1 g/mol. The summed E-state index contributed by atoms with van der Waals surface area (Å²) >= 11 is 0. The van der Waals surface area contributed by atoms with Gasteiger partial charge < -0.3 is 7.59 Å². The molecule has 0 atom stereocenters. The van der Waals surface area contributed by atoms with E-state index in [1.807, 2.05) is 0 Å². The van der Waals surface area contributed by atoms with Gasteiger partial charge in [0.1, 0.15) is 0 Å². The van der Waals surface area contributed by atoms with E-state index < -0.39 is 0 Å². The predicted molar refractivity (Wildman–Crippen MR) is 28.0 cm³/mol. The molecule has 6 heavy (non-hydrogen) atoms. The largest absolute Gasteiger partial charge is 2.00 e. The van der Waals surface area contributed by atoms with Crippen LogP contribution in [0.4, 0.5) is 0 Å². The molecule has 34 valence electrons. The molecule has 2 heteroatoms. The quantitative estimate of drug-likeness (QED) is 0.390. The summed E-state index contributed by atoms with van der Waals surface area (Å²) in [6, 6.07) is 0. The summed E-state index contributed by atoms with van der Waals surface area (Å²) in [4.78, 5) is 0. The van der Waals surface area contributed by atoms with E-state index in [0.717, 1.165) is 13.2 Å². The smallest absolute Gasteiger partial charge is 1.00 e. The fraction of sp³-hybridized carbons (Fsp3) is 1.00. The summed E-state index contributed by atoms with van der Waals surface area (Å²) < 4.78 is 4.94. The van der Waals surface area contributed by atoms with Crippen molar-refractivity contribution in [3.8, 4) is 0 Å². The van der Waals surface area contributed by atoms with Gasteiger partial charge in [-0.05, 0) is 12.8 Å². The molecule has 1 rings (SSSR count). The Bertz CT molecular complexity index is 25.6. The first-order valence-corrected chi connectivity index (χ1v) is 2.08. The molecule has 0 radical (unpaired) electrons. The van der Waals surface area contributed by atoms with Crippen molar-refractivity contribution in [3.05, 3.63) is 0 Å². The van der Waals surface area contributed by atoms with E-state index in [-0.39, 0.29) is 13.0 Å². The van der Waals surface area contributed by atoms with Crippen LogP contribution < -0.4 is 0 Å². The monoisotopic (exact) mass is 83.1 g/mol. The zero-order chi connectivity index (χ0) is 3.54. The zero-order valence-corrected chi connectivity index (χ0v) is 3.94. The van der Waals surface area contributed by atoms with Crippen LogP contribution in [0.3, 0.4) is 0 Å².